The summed E-state index contributed by atoms with van der Waals surface area (Å²) in [5.41, 5.74) is 6.81. The number of hydrogen-bond donors (Lipinski definition) is 1. The Morgan fingerprint density at radius 2 is 1.55 bits per heavy atom. The van der Waals surface area contributed by atoms with Crippen molar-refractivity contribution in [3.05, 3.63) is 69.2 Å². The van der Waals surface area contributed by atoms with E-state index >= 15 is 0 Å². The molecule has 0 saturated heterocycles. The van der Waals surface area contributed by atoms with Crippen LogP contribution >= 0.6 is 11.6 Å². The Kier molecular flexibility index (Phi) is 5.22. The van der Waals surface area contributed by atoms with Gasteiger partial charge in [-0.3, -0.25) is 0 Å². The molecule has 2 heteroatoms. The minimum atomic E-state index is 0.799. The zero-order chi connectivity index (χ0) is 14.5. The molecule has 0 aliphatic rings. The highest BCUT2D eigenvalue weighted by Crippen LogP contribution is 2.15. The van der Waals surface area contributed by atoms with Gasteiger partial charge in [0.15, 0.2) is 0 Å². The van der Waals surface area contributed by atoms with Crippen molar-refractivity contribution < 1.29 is 0 Å². The normalized spacial score (nSPS) is 10.8. The minimum Gasteiger partial charge on any atom is -0.312 e. The highest BCUT2D eigenvalue weighted by atomic mass is 35.5. The fourth-order valence-electron chi connectivity index (χ4n) is 2.32. The Balaban J connectivity index is 1.84. The zero-order valence-corrected chi connectivity index (χ0v) is 13.2. The third-order valence-electron chi connectivity index (χ3n) is 3.77. The Morgan fingerprint density at radius 1 is 0.900 bits per heavy atom. The molecule has 0 atom stereocenters. The molecule has 2 aromatic rings. The molecular weight excluding hydrogens is 266 g/mol. The number of benzene rings is 2. The molecule has 20 heavy (non-hydrogen) atoms. The standard InChI is InChI=1S/C18H22ClN/c1-13-10-15(3)17(11-14(13)2)12-20-9-8-16-4-6-18(19)7-5-16/h4-7,10-11,20H,8-9,12H2,1-3H3. The fourth-order valence-corrected chi connectivity index (χ4v) is 2.44. The molecule has 0 spiro atoms. The lowest BCUT2D eigenvalue weighted by Crippen LogP contribution is -2.17. The van der Waals surface area contributed by atoms with Gasteiger partial charge in [-0.25, -0.2) is 0 Å². The molecule has 0 fully saturated rings. The summed E-state index contributed by atoms with van der Waals surface area (Å²) in [6, 6.07) is 12.6. The molecule has 106 valence electrons. The number of hydrogen-bond acceptors (Lipinski definition) is 1. The highest BCUT2D eigenvalue weighted by molar-refractivity contribution is 6.30. The van der Waals surface area contributed by atoms with Gasteiger partial charge in [0.2, 0.25) is 0 Å². The predicted octanol–water partition coefficient (Wildman–Crippen LogP) is 4.60. The molecule has 0 bridgehead atoms. The lowest BCUT2D eigenvalue weighted by Gasteiger charge is -2.11. The molecule has 0 aromatic heterocycles. The van der Waals surface area contributed by atoms with Crippen LogP contribution in [-0.2, 0) is 13.0 Å². The van der Waals surface area contributed by atoms with Crippen molar-refractivity contribution in [2.24, 2.45) is 0 Å². The van der Waals surface area contributed by atoms with Crippen LogP contribution in [0.25, 0.3) is 0 Å². The van der Waals surface area contributed by atoms with Gasteiger partial charge in [-0.05, 0) is 73.7 Å². The van der Waals surface area contributed by atoms with Crippen molar-refractivity contribution in [2.75, 3.05) is 6.54 Å². The first-order valence-electron chi connectivity index (χ1n) is 7.08. The molecule has 0 amide bonds. The minimum absolute atomic E-state index is 0.799. The number of nitrogens with one attached hydrogen (secondary N) is 1. The van der Waals surface area contributed by atoms with Crippen LogP contribution in [0.5, 0.6) is 0 Å². The molecule has 0 aliphatic heterocycles. The van der Waals surface area contributed by atoms with Gasteiger partial charge >= 0.3 is 0 Å². The van der Waals surface area contributed by atoms with Crippen LogP contribution in [0.1, 0.15) is 27.8 Å². The molecule has 0 heterocycles. The maximum Gasteiger partial charge on any atom is 0.0406 e. The zero-order valence-electron chi connectivity index (χ0n) is 12.5. The maximum absolute atomic E-state index is 5.88. The van der Waals surface area contributed by atoms with Gasteiger partial charge in [0.1, 0.15) is 0 Å². The van der Waals surface area contributed by atoms with E-state index in [4.69, 9.17) is 11.6 Å². The molecule has 1 N–H and O–H groups in total. The second kappa shape index (κ2) is 6.92. The van der Waals surface area contributed by atoms with Crippen molar-refractivity contribution in [1.29, 1.82) is 0 Å². The van der Waals surface area contributed by atoms with Crippen LogP contribution < -0.4 is 5.32 Å². The molecule has 0 unspecified atom stereocenters. The molecule has 2 aromatic carbocycles. The van der Waals surface area contributed by atoms with Gasteiger partial charge in [-0.1, -0.05) is 35.9 Å². The van der Waals surface area contributed by atoms with Gasteiger partial charge in [0.25, 0.3) is 0 Å². The first-order chi connectivity index (χ1) is 9.56. The second-order valence-electron chi connectivity index (χ2n) is 5.42. The summed E-state index contributed by atoms with van der Waals surface area (Å²) < 4.78 is 0. The van der Waals surface area contributed by atoms with E-state index in [0.717, 1.165) is 24.5 Å². The first-order valence-corrected chi connectivity index (χ1v) is 7.46. The molecular formula is C18H22ClN. The van der Waals surface area contributed by atoms with E-state index in [1.165, 1.54) is 27.8 Å². The molecule has 2 rings (SSSR count). The van der Waals surface area contributed by atoms with Gasteiger partial charge in [0, 0.05) is 11.6 Å². The van der Waals surface area contributed by atoms with Crippen LogP contribution in [0.3, 0.4) is 0 Å². The Morgan fingerprint density at radius 3 is 2.25 bits per heavy atom. The average molecular weight is 288 g/mol. The molecule has 0 radical (unpaired) electrons. The lowest BCUT2D eigenvalue weighted by atomic mass is 10.0. The SMILES string of the molecule is Cc1cc(C)c(CNCCc2ccc(Cl)cc2)cc1C. The largest absolute Gasteiger partial charge is 0.312 e. The summed E-state index contributed by atoms with van der Waals surface area (Å²) in [4.78, 5) is 0. The highest BCUT2D eigenvalue weighted by Gasteiger charge is 2.01. The number of aryl methyl sites for hydroxylation is 3. The quantitative estimate of drug-likeness (QED) is 0.793. The number of rotatable bonds is 5. The summed E-state index contributed by atoms with van der Waals surface area (Å²) in [6.07, 6.45) is 1.03. The topological polar surface area (TPSA) is 12.0 Å². The Hall–Kier alpha value is -1.31. The maximum atomic E-state index is 5.88. The summed E-state index contributed by atoms with van der Waals surface area (Å²) in [7, 11) is 0. The third kappa shape index (κ3) is 4.09. The molecule has 1 nitrogen and oxygen atoms in total. The van der Waals surface area contributed by atoms with E-state index in [9.17, 15) is 0 Å². The summed E-state index contributed by atoms with van der Waals surface area (Å²) in [5.74, 6) is 0. The van der Waals surface area contributed by atoms with Crippen LogP contribution in [0.4, 0.5) is 0 Å². The molecule has 0 aliphatic carbocycles. The Labute approximate surface area is 127 Å². The average Bonchev–Trinajstić information content (AvgIpc) is 2.42. The van der Waals surface area contributed by atoms with E-state index in [0.29, 0.717) is 0 Å². The number of halogens is 1. The van der Waals surface area contributed by atoms with Crippen molar-refractivity contribution in [2.45, 2.75) is 33.7 Å². The van der Waals surface area contributed by atoms with Gasteiger partial charge in [-0.15, -0.1) is 0 Å². The van der Waals surface area contributed by atoms with Gasteiger partial charge in [-0.2, -0.15) is 0 Å². The summed E-state index contributed by atoms with van der Waals surface area (Å²) >= 11 is 5.88. The first kappa shape index (κ1) is 15.1. The van der Waals surface area contributed by atoms with Crippen LogP contribution in [0.2, 0.25) is 5.02 Å². The van der Waals surface area contributed by atoms with Gasteiger partial charge in [0.05, 0.1) is 0 Å². The van der Waals surface area contributed by atoms with Crippen molar-refractivity contribution in [1.82, 2.24) is 5.32 Å². The predicted molar refractivity (Wildman–Crippen MR) is 87.5 cm³/mol. The summed E-state index contributed by atoms with van der Waals surface area (Å²) in [6.45, 7) is 8.43. The van der Waals surface area contributed by atoms with Crippen LogP contribution in [-0.4, -0.2) is 6.54 Å². The van der Waals surface area contributed by atoms with Crippen molar-refractivity contribution >= 4 is 11.6 Å². The van der Waals surface area contributed by atoms with E-state index in [2.05, 4.69) is 50.4 Å². The van der Waals surface area contributed by atoms with Crippen LogP contribution in [0.15, 0.2) is 36.4 Å². The monoisotopic (exact) mass is 287 g/mol. The van der Waals surface area contributed by atoms with E-state index < -0.39 is 0 Å². The van der Waals surface area contributed by atoms with Crippen LogP contribution in [0, 0.1) is 20.8 Å². The van der Waals surface area contributed by atoms with Gasteiger partial charge < -0.3 is 5.32 Å². The fraction of sp³-hybridized carbons (Fsp3) is 0.333. The molecule has 0 saturated carbocycles. The summed E-state index contributed by atoms with van der Waals surface area (Å²) in [5, 5.41) is 4.32. The van der Waals surface area contributed by atoms with Crippen molar-refractivity contribution in [3.63, 3.8) is 0 Å². The van der Waals surface area contributed by atoms with E-state index in [-0.39, 0.29) is 0 Å². The van der Waals surface area contributed by atoms with E-state index in [1.54, 1.807) is 0 Å². The Bertz CT molecular complexity index is 573. The van der Waals surface area contributed by atoms with Crippen molar-refractivity contribution in [3.8, 4) is 0 Å². The van der Waals surface area contributed by atoms with E-state index in [1.807, 2.05) is 12.1 Å². The lowest BCUT2D eigenvalue weighted by molar-refractivity contribution is 0.684. The smallest absolute Gasteiger partial charge is 0.0406 e. The second-order valence-corrected chi connectivity index (χ2v) is 5.85. The third-order valence-corrected chi connectivity index (χ3v) is 4.02.